The lowest BCUT2D eigenvalue weighted by molar-refractivity contribution is -0.147. The van der Waals surface area contributed by atoms with E-state index in [1.807, 2.05) is 0 Å². The van der Waals surface area contributed by atoms with Gasteiger partial charge < -0.3 is 10.2 Å². The second-order valence-electron chi connectivity index (χ2n) is 8.87. The number of rotatable bonds is 5. The zero-order chi connectivity index (χ0) is 25.7. The fourth-order valence-corrected chi connectivity index (χ4v) is 4.86. The van der Waals surface area contributed by atoms with Gasteiger partial charge in [-0.15, -0.1) is 0 Å². The lowest BCUT2D eigenvalue weighted by Crippen LogP contribution is -2.52. The highest BCUT2D eigenvalue weighted by Gasteiger charge is 2.42. The molecule has 35 heavy (non-hydrogen) atoms. The van der Waals surface area contributed by atoms with Gasteiger partial charge in [-0.25, -0.2) is 0 Å². The number of halogens is 3. The first kappa shape index (κ1) is 25.0. The molecule has 0 bridgehead atoms. The minimum absolute atomic E-state index is 0.145. The fraction of sp³-hybridized carbons (Fsp3) is 0.273. The van der Waals surface area contributed by atoms with Crippen LogP contribution in [0.2, 0.25) is 5.02 Å². The molecular formula is C22H21B3ClF2N3O4. The number of nitrogens with one attached hydrogen (secondary N) is 2. The molecule has 0 saturated carbocycles. The molecule has 0 aliphatic carbocycles. The van der Waals surface area contributed by atoms with E-state index in [4.69, 9.17) is 11.6 Å². The second-order valence-corrected chi connectivity index (χ2v) is 9.31. The largest absolute Gasteiger partial charge is 0.349 e. The van der Waals surface area contributed by atoms with Crippen LogP contribution in [0, 0.1) is 0 Å². The molecule has 4 rings (SSSR count). The van der Waals surface area contributed by atoms with Crippen LogP contribution < -0.4 is 27.0 Å². The zero-order valence-electron chi connectivity index (χ0n) is 19.4. The number of piperidine rings is 1. The van der Waals surface area contributed by atoms with Gasteiger partial charge in [0.1, 0.15) is 29.6 Å². The molecule has 2 aromatic rings. The van der Waals surface area contributed by atoms with Gasteiger partial charge >= 0.3 is 5.92 Å². The topological polar surface area (TPSA) is 95.6 Å². The summed E-state index contributed by atoms with van der Waals surface area (Å²) in [7, 11) is 5.29. The molecule has 2 aromatic carbocycles. The van der Waals surface area contributed by atoms with Gasteiger partial charge in [-0.3, -0.25) is 24.5 Å². The molecule has 2 aliphatic heterocycles. The number of carbonyl (C=O) groups excluding carboxylic acids is 4. The van der Waals surface area contributed by atoms with E-state index < -0.39 is 29.3 Å². The van der Waals surface area contributed by atoms with Crippen LogP contribution in [0.15, 0.2) is 24.3 Å². The van der Waals surface area contributed by atoms with Crippen molar-refractivity contribution in [2.45, 2.75) is 37.9 Å². The van der Waals surface area contributed by atoms with Gasteiger partial charge in [-0.05, 0) is 29.7 Å². The number of carbonyl (C=O) groups is 4. The van der Waals surface area contributed by atoms with Crippen LogP contribution in [0.25, 0.3) is 0 Å². The molecular weight excluding hydrogens is 476 g/mol. The van der Waals surface area contributed by atoms with Gasteiger partial charge in [-0.1, -0.05) is 40.1 Å². The first-order valence-corrected chi connectivity index (χ1v) is 11.5. The summed E-state index contributed by atoms with van der Waals surface area (Å²) in [4.78, 5) is 50.9. The smallest absolute Gasteiger partial charge is 0.347 e. The minimum atomic E-state index is -3.75. The average Bonchev–Trinajstić information content (AvgIpc) is 3.15. The second kappa shape index (κ2) is 9.15. The summed E-state index contributed by atoms with van der Waals surface area (Å²) in [6.07, 6.45) is 0.386. The van der Waals surface area contributed by atoms with Crippen molar-refractivity contribution in [1.29, 1.82) is 0 Å². The van der Waals surface area contributed by atoms with Crippen molar-refractivity contribution >= 4 is 75.2 Å². The van der Waals surface area contributed by atoms with Crippen molar-refractivity contribution < 1.29 is 28.0 Å². The SMILES string of the molecule is Bc1c(B)c2c(c(B)c1CNC(=O)C(F)(F)c1ccc(Cl)cc1)CN(C1CCC(=O)NC1=O)C2=O. The van der Waals surface area contributed by atoms with Crippen LogP contribution in [-0.4, -0.2) is 58.1 Å². The third-order valence-electron chi connectivity index (χ3n) is 6.90. The van der Waals surface area contributed by atoms with E-state index >= 15 is 0 Å². The number of fused-ring (bicyclic) bond motifs is 1. The molecule has 0 radical (unpaired) electrons. The van der Waals surface area contributed by atoms with E-state index in [1.54, 1.807) is 23.5 Å². The Morgan fingerprint density at radius 1 is 1.11 bits per heavy atom. The molecule has 2 aliphatic rings. The maximum atomic E-state index is 14.7. The third-order valence-corrected chi connectivity index (χ3v) is 7.16. The van der Waals surface area contributed by atoms with E-state index in [0.717, 1.165) is 12.1 Å². The van der Waals surface area contributed by atoms with Gasteiger partial charge in [-0.2, -0.15) is 8.78 Å². The Labute approximate surface area is 208 Å². The number of imide groups is 1. The highest BCUT2D eigenvalue weighted by Crippen LogP contribution is 2.29. The van der Waals surface area contributed by atoms with E-state index in [1.165, 1.54) is 17.0 Å². The lowest BCUT2D eigenvalue weighted by atomic mass is 9.68. The summed E-state index contributed by atoms with van der Waals surface area (Å²) in [5, 5.41) is 4.88. The predicted molar refractivity (Wildman–Crippen MR) is 134 cm³/mol. The lowest BCUT2D eigenvalue weighted by Gasteiger charge is -2.29. The Kier molecular flexibility index (Phi) is 6.53. The van der Waals surface area contributed by atoms with Crippen molar-refractivity contribution in [2.24, 2.45) is 0 Å². The maximum absolute atomic E-state index is 14.7. The molecule has 2 heterocycles. The van der Waals surface area contributed by atoms with E-state index in [9.17, 15) is 28.0 Å². The van der Waals surface area contributed by atoms with Crippen LogP contribution in [0.4, 0.5) is 8.78 Å². The van der Waals surface area contributed by atoms with Crippen molar-refractivity contribution in [3.63, 3.8) is 0 Å². The Morgan fingerprint density at radius 3 is 2.40 bits per heavy atom. The number of benzene rings is 2. The van der Waals surface area contributed by atoms with Crippen LogP contribution in [0.5, 0.6) is 0 Å². The van der Waals surface area contributed by atoms with Crippen LogP contribution in [0.1, 0.15) is 39.9 Å². The molecule has 13 heteroatoms. The molecule has 0 aromatic heterocycles. The van der Waals surface area contributed by atoms with E-state index in [0.29, 0.717) is 33.1 Å². The fourth-order valence-electron chi connectivity index (χ4n) is 4.73. The first-order valence-electron chi connectivity index (χ1n) is 11.1. The summed E-state index contributed by atoms with van der Waals surface area (Å²) in [5.74, 6) is -6.38. The Hall–Kier alpha value is -3.14. The molecule has 1 unspecified atom stereocenters. The Balaban J connectivity index is 1.58. The van der Waals surface area contributed by atoms with Crippen LogP contribution >= 0.6 is 11.6 Å². The van der Waals surface area contributed by atoms with Crippen molar-refractivity contribution in [3.8, 4) is 0 Å². The molecule has 7 nitrogen and oxygen atoms in total. The summed E-state index contributed by atoms with van der Waals surface area (Å²) >= 11 is 5.75. The quantitative estimate of drug-likeness (QED) is 0.347. The normalized spacial score (nSPS) is 17.9. The Bertz CT molecular complexity index is 1270. The molecule has 0 spiro atoms. The molecule has 4 amide bonds. The van der Waals surface area contributed by atoms with Crippen LogP contribution in [0.3, 0.4) is 0 Å². The average molecular weight is 497 g/mol. The maximum Gasteiger partial charge on any atom is 0.349 e. The van der Waals surface area contributed by atoms with Crippen molar-refractivity contribution in [2.75, 3.05) is 0 Å². The highest BCUT2D eigenvalue weighted by atomic mass is 35.5. The number of hydrogen-bond acceptors (Lipinski definition) is 4. The third kappa shape index (κ3) is 4.35. The van der Waals surface area contributed by atoms with Gasteiger partial charge in [0, 0.05) is 35.7 Å². The summed E-state index contributed by atoms with van der Waals surface area (Å²) < 4.78 is 29.4. The summed E-state index contributed by atoms with van der Waals surface area (Å²) in [6.45, 7) is 0.00961. The summed E-state index contributed by atoms with van der Waals surface area (Å²) in [5.41, 5.74) is 3.40. The molecule has 1 saturated heterocycles. The highest BCUT2D eigenvalue weighted by molar-refractivity contribution is 6.54. The van der Waals surface area contributed by atoms with E-state index in [2.05, 4.69) is 10.6 Å². The number of nitrogens with zero attached hydrogens (tertiary/aromatic N) is 1. The predicted octanol–water partition coefficient (Wildman–Crippen LogP) is -2.72. The van der Waals surface area contributed by atoms with E-state index in [-0.39, 0.29) is 42.8 Å². The van der Waals surface area contributed by atoms with Crippen molar-refractivity contribution in [1.82, 2.24) is 15.5 Å². The molecule has 1 atom stereocenters. The standard InChI is InChI=1S/C22H21B3ClF2N3O4/c23-16-11(7-29-21(35)22(27,28)9-1-3-10(26)4-2-9)17(24)18(25)15-12(16)8-31(20(15)34)13-5-6-14(32)30-19(13)33/h1-4,13H,5-8,23-25H2,(H,29,35)(H,30,32,33). The van der Waals surface area contributed by atoms with Gasteiger partial charge in [0.2, 0.25) is 11.8 Å². The van der Waals surface area contributed by atoms with Crippen LogP contribution in [-0.2, 0) is 33.4 Å². The zero-order valence-corrected chi connectivity index (χ0v) is 20.2. The number of alkyl halides is 2. The Morgan fingerprint density at radius 2 is 1.77 bits per heavy atom. The minimum Gasteiger partial charge on any atom is -0.347 e. The van der Waals surface area contributed by atoms with Gasteiger partial charge in [0.15, 0.2) is 0 Å². The number of hydrogen-bond donors (Lipinski definition) is 2. The monoisotopic (exact) mass is 497 g/mol. The first-order chi connectivity index (χ1) is 16.4. The number of amides is 4. The van der Waals surface area contributed by atoms with Gasteiger partial charge in [0.25, 0.3) is 11.8 Å². The molecule has 1 fully saturated rings. The molecule has 2 N–H and O–H groups in total. The van der Waals surface area contributed by atoms with Crippen molar-refractivity contribution in [3.05, 3.63) is 51.5 Å². The molecule has 178 valence electrons. The summed E-state index contributed by atoms with van der Waals surface area (Å²) in [6, 6.07) is 4.04. The van der Waals surface area contributed by atoms with Gasteiger partial charge in [0.05, 0.1) is 0 Å².